The zero-order valence-corrected chi connectivity index (χ0v) is 10.5. The van der Waals surface area contributed by atoms with Crippen molar-refractivity contribution in [2.45, 2.75) is 32.8 Å². The molecule has 0 fully saturated rings. The van der Waals surface area contributed by atoms with Crippen LogP contribution in [0.4, 0.5) is 0 Å². The van der Waals surface area contributed by atoms with Crippen molar-refractivity contribution in [3.8, 4) is 5.75 Å². The third kappa shape index (κ3) is 6.29. The molecule has 0 radical (unpaired) electrons. The Morgan fingerprint density at radius 2 is 1.71 bits per heavy atom. The lowest BCUT2D eigenvalue weighted by molar-refractivity contribution is 0.117. The van der Waals surface area contributed by atoms with E-state index in [4.69, 9.17) is 14.6 Å². The highest BCUT2D eigenvalue weighted by molar-refractivity contribution is 5.26. The van der Waals surface area contributed by atoms with Gasteiger partial charge in [0.1, 0.15) is 5.75 Å². The van der Waals surface area contributed by atoms with E-state index in [1.165, 1.54) is 6.42 Å². The van der Waals surface area contributed by atoms with Gasteiger partial charge in [0.15, 0.2) is 0 Å². The van der Waals surface area contributed by atoms with Crippen molar-refractivity contribution in [2.75, 3.05) is 19.8 Å². The minimum Gasteiger partial charge on any atom is -0.494 e. The Labute approximate surface area is 103 Å². The summed E-state index contributed by atoms with van der Waals surface area (Å²) in [5, 5.41) is 8.89. The lowest BCUT2D eigenvalue weighted by Crippen LogP contribution is -2.03. The van der Waals surface area contributed by atoms with Crippen LogP contribution in [0.1, 0.15) is 31.7 Å². The SMILES string of the molecule is CCCCOCCCOc1ccc(CO)cc1. The summed E-state index contributed by atoms with van der Waals surface area (Å²) in [6, 6.07) is 7.49. The predicted molar refractivity (Wildman–Crippen MR) is 68.2 cm³/mol. The molecular weight excluding hydrogens is 216 g/mol. The minimum absolute atomic E-state index is 0.0749. The Balaban J connectivity index is 2.05. The Hall–Kier alpha value is -1.06. The molecule has 17 heavy (non-hydrogen) atoms. The van der Waals surface area contributed by atoms with Crippen molar-refractivity contribution in [1.29, 1.82) is 0 Å². The van der Waals surface area contributed by atoms with Gasteiger partial charge in [-0.2, -0.15) is 0 Å². The third-order valence-electron chi connectivity index (χ3n) is 2.45. The summed E-state index contributed by atoms with van der Waals surface area (Å²) >= 11 is 0. The molecule has 0 aliphatic rings. The molecule has 0 spiro atoms. The van der Waals surface area contributed by atoms with Crippen molar-refractivity contribution < 1.29 is 14.6 Å². The molecule has 1 rings (SSSR count). The van der Waals surface area contributed by atoms with Gasteiger partial charge in [0, 0.05) is 19.6 Å². The average molecular weight is 238 g/mol. The van der Waals surface area contributed by atoms with Crippen LogP contribution >= 0.6 is 0 Å². The van der Waals surface area contributed by atoms with Crippen molar-refractivity contribution in [3.05, 3.63) is 29.8 Å². The molecule has 0 aliphatic carbocycles. The first-order valence-electron chi connectivity index (χ1n) is 6.27. The number of unbranched alkanes of at least 4 members (excludes halogenated alkanes) is 1. The Morgan fingerprint density at radius 3 is 2.35 bits per heavy atom. The second kappa shape index (κ2) is 9.02. The first-order chi connectivity index (χ1) is 8.36. The second-order valence-electron chi connectivity index (χ2n) is 3.97. The van der Waals surface area contributed by atoms with Crippen molar-refractivity contribution in [1.82, 2.24) is 0 Å². The monoisotopic (exact) mass is 238 g/mol. The Morgan fingerprint density at radius 1 is 1.00 bits per heavy atom. The quantitative estimate of drug-likeness (QED) is 0.672. The van der Waals surface area contributed by atoms with E-state index in [1.807, 2.05) is 24.3 Å². The first-order valence-corrected chi connectivity index (χ1v) is 6.27. The molecule has 1 aromatic carbocycles. The molecule has 0 amide bonds. The number of ether oxygens (including phenoxy) is 2. The fourth-order valence-corrected chi connectivity index (χ4v) is 1.39. The molecule has 0 bridgehead atoms. The molecule has 0 aliphatic heterocycles. The topological polar surface area (TPSA) is 38.7 Å². The van der Waals surface area contributed by atoms with Crippen LogP contribution in [0.25, 0.3) is 0 Å². The molecule has 0 saturated heterocycles. The van der Waals surface area contributed by atoms with Gasteiger partial charge in [0.05, 0.1) is 13.2 Å². The molecule has 1 aromatic rings. The van der Waals surface area contributed by atoms with E-state index in [2.05, 4.69) is 6.92 Å². The molecule has 0 saturated carbocycles. The van der Waals surface area contributed by atoms with E-state index < -0.39 is 0 Å². The van der Waals surface area contributed by atoms with Crippen molar-refractivity contribution in [3.63, 3.8) is 0 Å². The zero-order chi connectivity index (χ0) is 12.3. The fourth-order valence-electron chi connectivity index (χ4n) is 1.39. The molecule has 0 aromatic heterocycles. The van der Waals surface area contributed by atoms with E-state index in [0.717, 1.165) is 37.4 Å². The van der Waals surface area contributed by atoms with Gasteiger partial charge < -0.3 is 14.6 Å². The van der Waals surface area contributed by atoms with Crippen LogP contribution in [0, 0.1) is 0 Å². The predicted octanol–water partition coefficient (Wildman–Crippen LogP) is 2.76. The highest BCUT2D eigenvalue weighted by atomic mass is 16.5. The van der Waals surface area contributed by atoms with Crippen molar-refractivity contribution >= 4 is 0 Å². The summed E-state index contributed by atoms with van der Waals surface area (Å²) in [7, 11) is 0. The van der Waals surface area contributed by atoms with Crippen LogP contribution in [0.3, 0.4) is 0 Å². The molecule has 0 unspecified atom stereocenters. The summed E-state index contributed by atoms with van der Waals surface area (Å²) in [6.07, 6.45) is 3.21. The van der Waals surface area contributed by atoms with Gasteiger partial charge in [-0.25, -0.2) is 0 Å². The van der Waals surface area contributed by atoms with E-state index in [-0.39, 0.29) is 6.61 Å². The van der Waals surface area contributed by atoms with Crippen LogP contribution in [0.2, 0.25) is 0 Å². The molecule has 96 valence electrons. The van der Waals surface area contributed by atoms with Crippen LogP contribution < -0.4 is 4.74 Å². The molecule has 1 N–H and O–H groups in total. The van der Waals surface area contributed by atoms with Gasteiger partial charge in [-0.05, 0) is 24.1 Å². The lowest BCUT2D eigenvalue weighted by Gasteiger charge is -2.07. The van der Waals surface area contributed by atoms with Crippen LogP contribution in [0.5, 0.6) is 5.75 Å². The minimum atomic E-state index is 0.0749. The summed E-state index contributed by atoms with van der Waals surface area (Å²) < 4.78 is 11.0. The standard InChI is InChI=1S/C14H22O3/c1-2-3-9-16-10-4-11-17-14-7-5-13(12-15)6-8-14/h5-8,15H,2-4,9-12H2,1H3. The molecule has 3 heteroatoms. The number of hydrogen-bond acceptors (Lipinski definition) is 3. The summed E-state index contributed by atoms with van der Waals surface area (Å²) in [6.45, 7) is 4.51. The molecule has 0 atom stereocenters. The van der Waals surface area contributed by atoms with E-state index in [0.29, 0.717) is 6.61 Å². The summed E-state index contributed by atoms with van der Waals surface area (Å²) in [5.74, 6) is 0.843. The number of hydrogen-bond donors (Lipinski definition) is 1. The largest absolute Gasteiger partial charge is 0.494 e. The van der Waals surface area contributed by atoms with Gasteiger partial charge >= 0.3 is 0 Å². The average Bonchev–Trinajstić information content (AvgIpc) is 2.38. The van der Waals surface area contributed by atoms with Gasteiger partial charge in [0.2, 0.25) is 0 Å². The number of benzene rings is 1. The Kier molecular flexibility index (Phi) is 7.43. The van der Waals surface area contributed by atoms with Crippen LogP contribution in [0.15, 0.2) is 24.3 Å². The Bertz CT molecular complexity index is 282. The van der Waals surface area contributed by atoms with E-state index in [1.54, 1.807) is 0 Å². The first kappa shape index (κ1) is 14.0. The second-order valence-corrected chi connectivity index (χ2v) is 3.97. The van der Waals surface area contributed by atoms with Gasteiger partial charge in [-0.3, -0.25) is 0 Å². The zero-order valence-electron chi connectivity index (χ0n) is 10.5. The van der Waals surface area contributed by atoms with Crippen LogP contribution in [-0.2, 0) is 11.3 Å². The fraction of sp³-hybridized carbons (Fsp3) is 0.571. The van der Waals surface area contributed by atoms with E-state index in [9.17, 15) is 0 Å². The lowest BCUT2D eigenvalue weighted by atomic mass is 10.2. The number of rotatable bonds is 9. The maximum Gasteiger partial charge on any atom is 0.119 e. The molecule has 0 heterocycles. The number of aliphatic hydroxyl groups is 1. The highest BCUT2D eigenvalue weighted by Crippen LogP contribution is 2.12. The maximum absolute atomic E-state index is 8.89. The highest BCUT2D eigenvalue weighted by Gasteiger charge is 1.95. The molecular formula is C14H22O3. The van der Waals surface area contributed by atoms with Gasteiger partial charge in [0.25, 0.3) is 0 Å². The van der Waals surface area contributed by atoms with Crippen LogP contribution in [-0.4, -0.2) is 24.9 Å². The normalized spacial score (nSPS) is 10.5. The summed E-state index contributed by atoms with van der Waals surface area (Å²) in [5.41, 5.74) is 0.903. The number of aliphatic hydroxyl groups excluding tert-OH is 1. The third-order valence-corrected chi connectivity index (χ3v) is 2.45. The van der Waals surface area contributed by atoms with E-state index >= 15 is 0 Å². The smallest absolute Gasteiger partial charge is 0.119 e. The van der Waals surface area contributed by atoms with Gasteiger partial charge in [-0.1, -0.05) is 25.5 Å². The summed E-state index contributed by atoms with van der Waals surface area (Å²) in [4.78, 5) is 0. The van der Waals surface area contributed by atoms with Crippen molar-refractivity contribution in [2.24, 2.45) is 0 Å². The van der Waals surface area contributed by atoms with Gasteiger partial charge in [-0.15, -0.1) is 0 Å². The molecule has 3 nitrogen and oxygen atoms in total. The maximum atomic E-state index is 8.89.